The molecule has 2 rings (SSSR count). The average Bonchev–Trinajstić information content (AvgIpc) is 2.47. The van der Waals surface area contributed by atoms with Crippen LogP contribution in [0.25, 0.3) is 0 Å². The molecule has 3 nitrogen and oxygen atoms in total. The van der Waals surface area contributed by atoms with E-state index in [1.54, 1.807) is 18.7 Å². The number of anilines is 1. The van der Waals surface area contributed by atoms with Crippen molar-refractivity contribution in [3.05, 3.63) is 23.8 Å². The molecule has 1 aromatic carbocycles. The van der Waals surface area contributed by atoms with E-state index in [4.69, 9.17) is 0 Å². The van der Waals surface area contributed by atoms with Crippen LogP contribution in [-0.2, 0) is 4.79 Å². The molecule has 0 N–H and O–H groups in total. The highest BCUT2D eigenvalue weighted by Gasteiger charge is 2.25. The normalized spacial score (nSPS) is 18.6. The Morgan fingerprint density at radius 2 is 2.35 bits per heavy atom. The molecular formula is C16H20N2OS. The van der Waals surface area contributed by atoms with Gasteiger partial charge in [0.25, 0.3) is 0 Å². The van der Waals surface area contributed by atoms with E-state index < -0.39 is 0 Å². The zero-order valence-electron chi connectivity index (χ0n) is 12.1. The quantitative estimate of drug-likeness (QED) is 0.796. The van der Waals surface area contributed by atoms with Gasteiger partial charge in [-0.15, -0.1) is 11.8 Å². The molecule has 0 bridgehead atoms. The molecule has 1 aliphatic rings. The summed E-state index contributed by atoms with van der Waals surface area (Å²) in [6, 6.07) is 8.35. The van der Waals surface area contributed by atoms with Crippen molar-refractivity contribution >= 4 is 23.2 Å². The van der Waals surface area contributed by atoms with Gasteiger partial charge in [0.1, 0.15) is 11.9 Å². The largest absolute Gasteiger partial charge is 0.370 e. The molecule has 0 aliphatic carbocycles. The van der Waals surface area contributed by atoms with Crippen LogP contribution >= 0.6 is 11.8 Å². The first-order valence-corrected chi connectivity index (χ1v) is 8.07. The molecule has 0 saturated carbocycles. The fourth-order valence-electron chi connectivity index (χ4n) is 2.70. The minimum absolute atomic E-state index is 0.109. The minimum Gasteiger partial charge on any atom is -0.370 e. The number of ketones is 1. The summed E-state index contributed by atoms with van der Waals surface area (Å²) in [4.78, 5) is 14.8. The Morgan fingerprint density at radius 1 is 1.55 bits per heavy atom. The predicted molar refractivity (Wildman–Crippen MR) is 83.2 cm³/mol. The molecule has 1 fully saturated rings. The summed E-state index contributed by atoms with van der Waals surface area (Å²) in [6.07, 6.45) is 1.98. The molecular weight excluding hydrogens is 268 g/mol. The minimum atomic E-state index is 0.109. The average molecular weight is 288 g/mol. The highest BCUT2D eigenvalue weighted by atomic mass is 32.2. The maximum Gasteiger partial charge on any atom is 0.134 e. The predicted octanol–water partition coefficient (Wildman–Crippen LogP) is 3.48. The van der Waals surface area contributed by atoms with Crippen molar-refractivity contribution in [1.29, 1.82) is 5.26 Å². The van der Waals surface area contributed by atoms with Crippen LogP contribution < -0.4 is 4.90 Å². The molecule has 106 valence electrons. The molecule has 0 aromatic heterocycles. The first kappa shape index (κ1) is 14.9. The van der Waals surface area contributed by atoms with Crippen molar-refractivity contribution in [2.45, 2.75) is 31.6 Å². The van der Waals surface area contributed by atoms with E-state index in [9.17, 15) is 10.1 Å². The SMILES string of the molecule is CCSc1cccc(N2CCCC(C(C)=O)C2)c1C#N. The van der Waals surface area contributed by atoms with Crippen LogP contribution in [0.15, 0.2) is 23.1 Å². The fourth-order valence-corrected chi connectivity index (χ4v) is 3.48. The number of nitriles is 1. The molecule has 1 aromatic rings. The molecule has 1 heterocycles. The zero-order chi connectivity index (χ0) is 14.5. The number of carbonyl (C=O) groups excluding carboxylic acids is 1. The molecule has 1 unspecified atom stereocenters. The number of hydrogen-bond donors (Lipinski definition) is 0. The Bertz CT molecular complexity index is 536. The summed E-state index contributed by atoms with van der Waals surface area (Å²) in [6.45, 7) is 5.43. The molecule has 1 aliphatic heterocycles. The topological polar surface area (TPSA) is 44.1 Å². The van der Waals surface area contributed by atoms with Gasteiger partial charge in [0.05, 0.1) is 11.3 Å². The van der Waals surface area contributed by atoms with Crippen molar-refractivity contribution < 1.29 is 4.79 Å². The second-order valence-corrected chi connectivity index (χ2v) is 6.40. The lowest BCUT2D eigenvalue weighted by Crippen LogP contribution is -2.38. The number of benzene rings is 1. The van der Waals surface area contributed by atoms with Gasteiger partial charge in [-0.25, -0.2) is 0 Å². The zero-order valence-corrected chi connectivity index (χ0v) is 12.9. The van der Waals surface area contributed by atoms with Gasteiger partial charge < -0.3 is 4.90 Å². The number of thioether (sulfide) groups is 1. The molecule has 20 heavy (non-hydrogen) atoms. The summed E-state index contributed by atoms with van der Waals surface area (Å²) >= 11 is 1.70. The molecule has 0 spiro atoms. The summed E-state index contributed by atoms with van der Waals surface area (Å²) in [5.74, 6) is 1.32. The number of nitrogens with zero attached hydrogens (tertiary/aromatic N) is 2. The summed E-state index contributed by atoms with van der Waals surface area (Å²) < 4.78 is 0. The van der Waals surface area contributed by atoms with Gasteiger partial charge in [0, 0.05) is 23.9 Å². The Labute approximate surface area is 125 Å². The molecule has 0 amide bonds. The van der Waals surface area contributed by atoms with Crippen LogP contribution in [0.4, 0.5) is 5.69 Å². The molecule has 0 radical (unpaired) electrons. The smallest absolute Gasteiger partial charge is 0.134 e. The van der Waals surface area contributed by atoms with Crippen molar-refractivity contribution in [2.24, 2.45) is 5.92 Å². The van der Waals surface area contributed by atoms with E-state index in [1.807, 2.05) is 18.2 Å². The number of hydrogen-bond acceptors (Lipinski definition) is 4. The summed E-state index contributed by atoms with van der Waals surface area (Å²) in [5.41, 5.74) is 1.74. The van der Waals surface area contributed by atoms with Gasteiger partial charge in [0.15, 0.2) is 0 Å². The molecule has 4 heteroatoms. The van der Waals surface area contributed by atoms with Gasteiger partial charge in [-0.05, 0) is 37.7 Å². The van der Waals surface area contributed by atoms with Crippen LogP contribution in [-0.4, -0.2) is 24.6 Å². The van der Waals surface area contributed by atoms with E-state index in [-0.39, 0.29) is 11.7 Å². The van der Waals surface area contributed by atoms with E-state index in [0.717, 1.165) is 47.8 Å². The molecule has 1 saturated heterocycles. The molecule has 1 atom stereocenters. The van der Waals surface area contributed by atoms with Crippen LogP contribution in [0, 0.1) is 17.2 Å². The second kappa shape index (κ2) is 6.81. The first-order chi connectivity index (χ1) is 9.67. The standard InChI is InChI=1S/C16H20N2OS/c1-3-20-16-8-4-7-15(14(16)10-17)18-9-5-6-13(11-18)12(2)19/h4,7-8,13H,3,5-6,9,11H2,1-2H3. The number of rotatable bonds is 4. The van der Waals surface area contributed by atoms with Gasteiger partial charge in [-0.2, -0.15) is 5.26 Å². The summed E-state index contributed by atoms with van der Waals surface area (Å²) in [5, 5.41) is 9.47. The van der Waals surface area contributed by atoms with Gasteiger partial charge in [-0.1, -0.05) is 13.0 Å². The highest BCUT2D eigenvalue weighted by Crippen LogP contribution is 2.32. The van der Waals surface area contributed by atoms with Crippen molar-refractivity contribution in [2.75, 3.05) is 23.7 Å². The number of Topliss-reactive ketones (excluding diaryl/α,β-unsaturated/α-hetero) is 1. The lowest BCUT2D eigenvalue weighted by atomic mass is 9.94. The maximum absolute atomic E-state index is 11.6. The maximum atomic E-state index is 11.6. The van der Waals surface area contributed by atoms with Crippen molar-refractivity contribution in [1.82, 2.24) is 0 Å². The van der Waals surface area contributed by atoms with Gasteiger partial charge in [-0.3, -0.25) is 4.79 Å². The summed E-state index contributed by atoms with van der Waals surface area (Å²) in [7, 11) is 0. The van der Waals surface area contributed by atoms with Crippen LogP contribution in [0.1, 0.15) is 32.3 Å². The van der Waals surface area contributed by atoms with Crippen molar-refractivity contribution in [3.63, 3.8) is 0 Å². The van der Waals surface area contributed by atoms with E-state index >= 15 is 0 Å². The fraction of sp³-hybridized carbons (Fsp3) is 0.500. The second-order valence-electron chi connectivity index (χ2n) is 5.09. The Kier molecular flexibility index (Phi) is 5.08. The Morgan fingerprint density at radius 3 is 3.00 bits per heavy atom. The Balaban J connectivity index is 2.30. The van der Waals surface area contributed by atoms with Crippen LogP contribution in [0.5, 0.6) is 0 Å². The van der Waals surface area contributed by atoms with E-state index in [0.29, 0.717) is 0 Å². The third-order valence-electron chi connectivity index (χ3n) is 3.75. The van der Waals surface area contributed by atoms with Crippen LogP contribution in [0.3, 0.4) is 0 Å². The third-order valence-corrected chi connectivity index (χ3v) is 4.69. The highest BCUT2D eigenvalue weighted by molar-refractivity contribution is 7.99. The number of carbonyl (C=O) groups is 1. The number of piperidine rings is 1. The lowest BCUT2D eigenvalue weighted by molar-refractivity contribution is -0.120. The first-order valence-electron chi connectivity index (χ1n) is 7.08. The Hall–Kier alpha value is -1.47. The van der Waals surface area contributed by atoms with Gasteiger partial charge in [0.2, 0.25) is 0 Å². The lowest BCUT2D eigenvalue weighted by Gasteiger charge is -2.34. The van der Waals surface area contributed by atoms with E-state index in [1.165, 1.54) is 0 Å². The van der Waals surface area contributed by atoms with Crippen molar-refractivity contribution in [3.8, 4) is 6.07 Å². The van der Waals surface area contributed by atoms with E-state index in [2.05, 4.69) is 17.9 Å². The van der Waals surface area contributed by atoms with Crippen LogP contribution in [0.2, 0.25) is 0 Å². The van der Waals surface area contributed by atoms with Gasteiger partial charge >= 0.3 is 0 Å². The third kappa shape index (κ3) is 3.16. The monoisotopic (exact) mass is 288 g/mol.